The third-order valence-corrected chi connectivity index (χ3v) is 4.07. The highest BCUT2D eigenvalue weighted by Gasteiger charge is 2.31. The largest absolute Gasteiger partial charge is 0.508 e. The van der Waals surface area contributed by atoms with E-state index in [1.54, 1.807) is 24.3 Å². The number of amides is 2. The molecule has 3 rings (SSSR count). The molecule has 0 saturated heterocycles. The number of primary amides is 1. The second-order valence-corrected chi connectivity index (χ2v) is 5.86. The number of anilines is 1. The van der Waals surface area contributed by atoms with E-state index < -0.39 is 5.91 Å². The molecule has 0 bridgehead atoms. The Balaban J connectivity index is 1.98. The van der Waals surface area contributed by atoms with Gasteiger partial charge in [-0.25, -0.2) is 0 Å². The minimum atomic E-state index is -0.480. The molecule has 2 amide bonds. The molecule has 1 aliphatic rings. The first-order valence-electron chi connectivity index (χ1n) is 7.51. The van der Waals surface area contributed by atoms with Crippen molar-refractivity contribution in [1.29, 1.82) is 0 Å². The van der Waals surface area contributed by atoms with Gasteiger partial charge in [-0.2, -0.15) is 0 Å². The van der Waals surface area contributed by atoms with E-state index in [1.807, 2.05) is 6.92 Å². The lowest BCUT2D eigenvalue weighted by Gasteiger charge is -2.16. The number of nitrogens with one attached hydrogen (secondary N) is 1. The average Bonchev–Trinajstić information content (AvgIpc) is 3.34. The zero-order valence-corrected chi connectivity index (χ0v) is 12.8. The standard InChI is InChI=1S/C18H18N2O3/c1-10-2-9-14(17(19)22)15(11-3-4-11)16(10)20-18(23)12-5-7-13(21)8-6-12/h2,5-9,11,21H,3-4H2,1H3,(H2,19,22)(H,20,23). The number of carbonyl (C=O) groups excluding carboxylic acids is 2. The molecule has 23 heavy (non-hydrogen) atoms. The lowest BCUT2D eigenvalue weighted by atomic mass is 9.96. The summed E-state index contributed by atoms with van der Waals surface area (Å²) in [6.07, 6.45) is 1.98. The molecule has 0 aromatic heterocycles. The average molecular weight is 310 g/mol. The molecular weight excluding hydrogens is 292 g/mol. The minimum absolute atomic E-state index is 0.104. The molecule has 1 fully saturated rings. The number of hydrogen-bond donors (Lipinski definition) is 3. The second-order valence-electron chi connectivity index (χ2n) is 5.86. The molecule has 4 N–H and O–H groups in total. The van der Waals surface area contributed by atoms with Gasteiger partial charge in [-0.15, -0.1) is 0 Å². The number of hydrogen-bond acceptors (Lipinski definition) is 3. The number of carbonyl (C=O) groups is 2. The molecule has 0 aliphatic heterocycles. The smallest absolute Gasteiger partial charge is 0.255 e. The van der Waals surface area contributed by atoms with Gasteiger partial charge in [-0.05, 0) is 67.1 Å². The fraction of sp³-hybridized carbons (Fsp3) is 0.222. The summed E-state index contributed by atoms with van der Waals surface area (Å²) < 4.78 is 0. The normalized spacial score (nSPS) is 13.6. The topological polar surface area (TPSA) is 92.4 Å². The van der Waals surface area contributed by atoms with E-state index in [2.05, 4.69) is 5.32 Å². The highest BCUT2D eigenvalue weighted by molar-refractivity contribution is 6.06. The molecule has 2 aromatic carbocycles. The van der Waals surface area contributed by atoms with E-state index >= 15 is 0 Å². The highest BCUT2D eigenvalue weighted by atomic mass is 16.3. The number of rotatable bonds is 4. The van der Waals surface area contributed by atoms with Crippen LogP contribution in [0.1, 0.15) is 50.6 Å². The van der Waals surface area contributed by atoms with Gasteiger partial charge in [0.1, 0.15) is 5.75 Å². The molecule has 1 saturated carbocycles. The molecule has 0 spiro atoms. The van der Waals surface area contributed by atoms with Crippen molar-refractivity contribution in [2.45, 2.75) is 25.7 Å². The summed E-state index contributed by atoms with van der Waals surface area (Å²) in [6, 6.07) is 9.54. The van der Waals surface area contributed by atoms with Gasteiger partial charge in [0.2, 0.25) is 5.91 Å². The maximum absolute atomic E-state index is 12.4. The van der Waals surface area contributed by atoms with Crippen LogP contribution < -0.4 is 11.1 Å². The number of aromatic hydroxyl groups is 1. The lowest BCUT2D eigenvalue weighted by molar-refractivity contribution is 0.0995. The summed E-state index contributed by atoms with van der Waals surface area (Å²) in [5, 5.41) is 12.2. The molecule has 0 atom stereocenters. The van der Waals surface area contributed by atoms with Crippen molar-refractivity contribution in [1.82, 2.24) is 0 Å². The summed E-state index contributed by atoms with van der Waals surface area (Å²) in [5.41, 5.74) is 8.79. The number of aryl methyl sites for hydroxylation is 1. The van der Waals surface area contributed by atoms with Crippen molar-refractivity contribution in [3.05, 3.63) is 58.7 Å². The van der Waals surface area contributed by atoms with Crippen molar-refractivity contribution < 1.29 is 14.7 Å². The van der Waals surface area contributed by atoms with Gasteiger partial charge >= 0.3 is 0 Å². The van der Waals surface area contributed by atoms with Crippen LogP contribution in [0.2, 0.25) is 0 Å². The Morgan fingerprint density at radius 3 is 2.35 bits per heavy atom. The summed E-state index contributed by atoms with van der Waals surface area (Å²) >= 11 is 0. The van der Waals surface area contributed by atoms with Crippen molar-refractivity contribution in [2.75, 3.05) is 5.32 Å². The number of phenols is 1. The lowest BCUT2D eigenvalue weighted by Crippen LogP contribution is -2.18. The van der Waals surface area contributed by atoms with Crippen LogP contribution in [0.5, 0.6) is 5.75 Å². The Kier molecular flexibility index (Phi) is 3.78. The van der Waals surface area contributed by atoms with Crippen molar-refractivity contribution in [3.8, 4) is 5.75 Å². The molecule has 0 radical (unpaired) electrons. The van der Waals surface area contributed by atoms with Gasteiger partial charge in [0.15, 0.2) is 0 Å². The molecule has 1 aliphatic carbocycles. The molecule has 2 aromatic rings. The summed E-state index contributed by atoms with van der Waals surface area (Å²) in [4.78, 5) is 24.1. The molecule has 5 heteroatoms. The van der Waals surface area contributed by atoms with Crippen molar-refractivity contribution in [2.24, 2.45) is 5.73 Å². The van der Waals surface area contributed by atoms with Crippen LogP contribution in [0.15, 0.2) is 36.4 Å². The van der Waals surface area contributed by atoms with Crippen molar-refractivity contribution >= 4 is 17.5 Å². The molecule has 0 unspecified atom stereocenters. The Hall–Kier alpha value is -2.82. The van der Waals surface area contributed by atoms with Gasteiger partial charge in [-0.3, -0.25) is 9.59 Å². The molecule has 0 heterocycles. The van der Waals surface area contributed by atoms with Crippen LogP contribution in [0.4, 0.5) is 5.69 Å². The van der Waals surface area contributed by atoms with E-state index in [-0.39, 0.29) is 17.6 Å². The Morgan fingerprint density at radius 2 is 1.78 bits per heavy atom. The molecule has 118 valence electrons. The highest BCUT2D eigenvalue weighted by Crippen LogP contribution is 2.46. The fourth-order valence-corrected chi connectivity index (χ4v) is 2.70. The van der Waals surface area contributed by atoms with Crippen LogP contribution in [-0.2, 0) is 0 Å². The number of benzene rings is 2. The first-order chi connectivity index (χ1) is 11.0. The third kappa shape index (κ3) is 3.04. The van der Waals surface area contributed by atoms with Crippen LogP contribution in [0, 0.1) is 6.92 Å². The quantitative estimate of drug-likeness (QED) is 0.810. The molecule has 5 nitrogen and oxygen atoms in total. The van der Waals surface area contributed by atoms with E-state index in [9.17, 15) is 14.7 Å². The minimum Gasteiger partial charge on any atom is -0.508 e. The van der Waals surface area contributed by atoms with E-state index in [0.29, 0.717) is 16.8 Å². The van der Waals surface area contributed by atoms with Gasteiger partial charge in [0.25, 0.3) is 5.91 Å². The summed E-state index contributed by atoms with van der Waals surface area (Å²) in [6.45, 7) is 1.89. The van der Waals surface area contributed by atoms with Crippen LogP contribution >= 0.6 is 0 Å². The van der Waals surface area contributed by atoms with Gasteiger partial charge < -0.3 is 16.2 Å². The Bertz CT molecular complexity index is 778. The van der Waals surface area contributed by atoms with Gasteiger partial charge in [0.05, 0.1) is 0 Å². The van der Waals surface area contributed by atoms with E-state index in [0.717, 1.165) is 24.0 Å². The summed E-state index contributed by atoms with van der Waals surface area (Å²) in [5.74, 6) is -0.386. The first-order valence-corrected chi connectivity index (χ1v) is 7.51. The maximum Gasteiger partial charge on any atom is 0.255 e. The second kappa shape index (κ2) is 5.76. The number of nitrogens with two attached hydrogens (primary N) is 1. The third-order valence-electron chi connectivity index (χ3n) is 4.07. The zero-order chi connectivity index (χ0) is 16.6. The van der Waals surface area contributed by atoms with Gasteiger partial charge in [-0.1, -0.05) is 6.07 Å². The SMILES string of the molecule is Cc1ccc(C(N)=O)c(C2CC2)c1NC(=O)c1ccc(O)cc1. The Morgan fingerprint density at radius 1 is 1.13 bits per heavy atom. The first kappa shape index (κ1) is 15.1. The van der Waals surface area contributed by atoms with E-state index in [4.69, 9.17) is 5.73 Å². The van der Waals surface area contributed by atoms with E-state index in [1.165, 1.54) is 12.1 Å². The zero-order valence-electron chi connectivity index (χ0n) is 12.8. The maximum atomic E-state index is 12.4. The predicted octanol–water partition coefficient (Wildman–Crippen LogP) is 2.93. The van der Waals surface area contributed by atoms with Crippen molar-refractivity contribution in [3.63, 3.8) is 0 Å². The molecular formula is C18H18N2O3. The van der Waals surface area contributed by atoms with Crippen LogP contribution in [-0.4, -0.2) is 16.9 Å². The monoisotopic (exact) mass is 310 g/mol. The summed E-state index contributed by atoms with van der Waals surface area (Å²) in [7, 11) is 0. The predicted molar refractivity (Wildman–Crippen MR) is 87.7 cm³/mol. The van der Waals surface area contributed by atoms with Crippen LogP contribution in [0.3, 0.4) is 0 Å². The Labute approximate surface area is 134 Å². The fourth-order valence-electron chi connectivity index (χ4n) is 2.70. The number of phenolic OH excluding ortho intramolecular Hbond substituents is 1. The van der Waals surface area contributed by atoms with Gasteiger partial charge in [0, 0.05) is 16.8 Å². The van der Waals surface area contributed by atoms with Crippen LogP contribution in [0.25, 0.3) is 0 Å².